The van der Waals surface area contributed by atoms with E-state index < -0.39 is 17.6 Å². The van der Waals surface area contributed by atoms with Crippen LogP contribution in [0.25, 0.3) is 0 Å². The molecule has 0 saturated carbocycles. The van der Waals surface area contributed by atoms with E-state index in [2.05, 4.69) is 15.3 Å². The molecule has 0 aliphatic heterocycles. The molecule has 20 heavy (non-hydrogen) atoms. The molecule has 1 aromatic carbocycles. The Bertz CT molecular complexity index is 549. The molecule has 3 nitrogen and oxygen atoms in total. The summed E-state index contributed by atoms with van der Waals surface area (Å²) in [5.41, 5.74) is -0.846. The van der Waals surface area contributed by atoms with Gasteiger partial charge in [0.1, 0.15) is 11.6 Å². The smallest absolute Gasteiger partial charge is 0.349 e. The van der Waals surface area contributed by atoms with E-state index in [0.717, 1.165) is 18.0 Å². The summed E-state index contributed by atoms with van der Waals surface area (Å²) in [5.74, 6) is -0.454. The molecule has 1 heterocycles. The first-order valence-corrected chi connectivity index (χ1v) is 6.01. The van der Waals surface area contributed by atoms with Crippen molar-refractivity contribution in [1.29, 1.82) is 0 Å². The van der Waals surface area contributed by atoms with Gasteiger partial charge < -0.3 is 10.3 Å². The minimum atomic E-state index is -4.67. The van der Waals surface area contributed by atoms with E-state index in [4.69, 9.17) is 0 Å². The molecule has 0 saturated heterocycles. The molecule has 0 aliphatic rings. The van der Waals surface area contributed by atoms with Crippen LogP contribution < -0.4 is 5.32 Å². The van der Waals surface area contributed by atoms with Crippen LogP contribution in [0.2, 0.25) is 0 Å². The van der Waals surface area contributed by atoms with Crippen molar-refractivity contribution in [2.75, 3.05) is 6.54 Å². The average Bonchev–Trinajstić information content (AvgIpc) is 2.88. The summed E-state index contributed by atoms with van der Waals surface area (Å²) in [4.78, 5) is 6.95. The predicted molar refractivity (Wildman–Crippen MR) is 65.4 cm³/mol. The molecule has 0 unspecified atom stereocenters. The normalized spacial score (nSPS) is 11.8. The van der Waals surface area contributed by atoms with Crippen LogP contribution in [0.5, 0.6) is 0 Å². The molecule has 108 valence electrons. The molecule has 2 rings (SSSR count). The molecule has 7 heteroatoms. The van der Waals surface area contributed by atoms with Gasteiger partial charge in [-0.1, -0.05) is 6.07 Å². The largest absolute Gasteiger partial charge is 0.419 e. The number of H-pyrrole nitrogens is 1. The first-order chi connectivity index (χ1) is 9.47. The lowest BCUT2D eigenvalue weighted by Gasteiger charge is -2.10. The number of aromatic nitrogens is 2. The fourth-order valence-electron chi connectivity index (χ4n) is 1.77. The Morgan fingerprint density at radius 3 is 2.70 bits per heavy atom. The number of hydrogen-bond acceptors (Lipinski definition) is 2. The molecule has 0 spiro atoms. The summed E-state index contributed by atoms with van der Waals surface area (Å²) in [5, 5.41) is 2.99. The zero-order valence-corrected chi connectivity index (χ0v) is 10.5. The second-order valence-electron chi connectivity index (χ2n) is 4.27. The van der Waals surface area contributed by atoms with Gasteiger partial charge in [0.2, 0.25) is 0 Å². The van der Waals surface area contributed by atoms with Crippen molar-refractivity contribution in [3.63, 3.8) is 0 Å². The predicted octanol–water partition coefficient (Wildman–Crippen LogP) is 2.90. The number of aromatic amines is 1. The number of hydrogen-bond donors (Lipinski definition) is 2. The molecule has 0 bridgehead atoms. The van der Waals surface area contributed by atoms with Crippen molar-refractivity contribution in [3.05, 3.63) is 53.4 Å². The van der Waals surface area contributed by atoms with Gasteiger partial charge in [0.25, 0.3) is 0 Å². The Kier molecular flexibility index (Phi) is 4.39. The topological polar surface area (TPSA) is 40.7 Å². The lowest BCUT2D eigenvalue weighted by atomic mass is 10.1. The Labute approximate surface area is 113 Å². The van der Waals surface area contributed by atoms with Gasteiger partial charge in [0, 0.05) is 31.9 Å². The molecular formula is C13H13F4N3. The third kappa shape index (κ3) is 3.80. The quantitative estimate of drug-likeness (QED) is 0.656. The van der Waals surface area contributed by atoms with Crippen LogP contribution in [0.4, 0.5) is 17.6 Å². The number of rotatable bonds is 5. The molecule has 1 aromatic heterocycles. The van der Waals surface area contributed by atoms with Gasteiger partial charge in [-0.05, 0) is 17.7 Å². The average molecular weight is 287 g/mol. The molecule has 2 N–H and O–H groups in total. The summed E-state index contributed by atoms with van der Waals surface area (Å²) in [6.45, 7) is 0.802. The number of halogens is 4. The molecule has 2 aromatic rings. The van der Waals surface area contributed by atoms with Crippen molar-refractivity contribution >= 4 is 0 Å². The first-order valence-electron chi connectivity index (χ1n) is 6.01. The van der Waals surface area contributed by atoms with E-state index in [1.807, 2.05) is 0 Å². The lowest BCUT2D eigenvalue weighted by Crippen LogP contribution is -2.18. The number of nitrogens with one attached hydrogen (secondary N) is 2. The molecule has 0 fully saturated rings. The van der Waals surface area contributed by atoms with Gasteiger partial charge in [-0.2, -0.15) is 13.2 Å². The SMILES string of the molecule is Fc1ccc(CNCCc2ncc[nH]2)cc1C(F)(F)F. The number of nitrogens with zero attached hydrogens (tertiary/aromatic N) is 1. The maximum Gasteiger partial charge on any atom is 0.419 e. The van der Waals surface area contributed by atoms with Gasteiger partial charge in [0.05, 0.1) is 5.56 Å². The van der Waals surface area contributed by atoms with Gasteiger partial charge in [-0.25, -0.2) is 9.37 Å². The summed E-state index contributed by atoms with van der Waals surface area (Å²) in [6.07, 6.45) is -0.704. The van der Waals surface area contributed by atoms with E-state index in [-0.39, 0.29) is 6.54 Å². The monoisotopic (exact) mass is 287 g/mol. The summed E-state index contributed by atoms with van der Waals surface area (Å²) in [6, 6.07) is 3.01. The fraction of sp³-hybridized carbons (Fsp3) is 0.308. The Hall–Kier alpha value is -1.89. The van der Waals surface area contributed by atoms with Gasteiger partial charge >= 0.3 is 6.18 Å². The Morgan fingerprint density at radius 2 is 2.05 bits per heavy atom. The number of benzene rings is 1. The fourth-order valence-corrected chi connectivity index (χ4v) is 1.77. The van der Waals surface area contributed by atoms with Crippen molar-refractivity contribution in [1.82, 2.24) is 15.3 Å². The molecular weight excluding hydrogens is 274 g/mol. The molecule has 0 aliphatic carbocycles. The van der Waals surface area contributed by atoms with Crippen molar-refractivity contribution < 1.29 is 17.6 Å². The van der Waals surface area contributed by atoms with E-state index in [1.54, 1.807) is 12.4 Å². The van der Waals surface area contributed by atoms with E-state index in [0.29, 0.717) is 18.5 Å². The second kappa shape index (κ2) is 6.04. The van der Waals surface area contributed by atoms with Crippen LogP contribution in [-0.2, 0) is 19.1 Å². The van der Waals surface area contributed by atoms with Crippen LogP contribution in [0, 0.1) is 5.82 Å². The highest BCUT2D eigenvalue weighted by Gasteiger charge is 2.34. The molecule has 0 radical (unpaired) electrons. The van der Waals surface area contributed by atoms with E-state index >= 15 is 0 Å². The summed E-state index contributed by atoms with van der Waals surface area (Å²) >= 11 is 0. The zero-order chi connectivity index (χ0) is 14.6. The Balaban J connectivity index is 1.90. The second-order valence-corrected chi connectivity index (χ2v) is 4.27. The van der Waals surface area contributed by atoms with Crippen molar-refractivity contribution in [3.8, 4) is 0 Å². The van der Waals surface area contributed by atoms with Crippen molar-refractivity contribution in [2.45, 2.75) is 19.1 Å². The number of imidazole rings is 1. The maximum absolute atomic E-state index is 13.1. The third-order valence-electron chi connectivity index (χ3n) is 2.76. The van der Waals surface area contributed by atoms with Crippen LogP contribution in [-0.4, -0.2) is 16.5 Å². The van der Waals surface area contributed by atoms with Crippen LogP contribution >= 0.6 is 0 Å². The number of alkyl halides is 3. The summed E-state index contributed by atoms with van der Waals surface area (Å²) in [7, 11) is 0. The van der Waals surface area contributed by atoms with Gasteiger partial charge in [-0.15, -0.1) is 0 Å². The van der Waals surface area contributed by atoms with Crippen molar-refractivity contribution in [2.24, 2.45) is 0 Å². The highest BCUT2D eigenvalue weighted by atomic mass is 19.4. The standard InChI is InChI=1S/C13H13F4N3/c14-11-2-1-9(7-10(11)13(15,16)17)8-18-4-3-12-19-5-6-20-12/h1-2,5-7,18H,3-4,8H2,(H,19,20). The maximum atomic E-state index is 13.1. The van der Waals surface area contributed by atoms with Gasteiger partial charge in [0.15, 0.2) is 0 Å². The highest BCUT2D eigenvalue weighted by Crippen LogP contribution is 2.31. The molecule has 0 amide bonds. The first kappa shape index (κ1) is 14.5. The van der Waals surface area contributed by atoms with E-state index in [1.165, 1.54) is 6.07 Å². The Morgan fingerprint density at radius 1 is 1.25 bits per heavy atom. The third-order valence-corrected chi connectivity index (χ3v) is 2.76. The summed E-state index contributed by atoms with van der Waals surface area (Å²) < 4.78 is 50.7. The minimum absolute atomic E-state index is 0.240. The lowest BCUT2D eigenvalue weighted by molar-refractivity contribution is -0.140. The van der Waals surface area contributed by atoms with Gasteiger partial charge in [-0.3, -0.25) is 0 Å². The zero-order valence-electron chi connectivity index (χ0n) is 10.5. The molecule has 0 atom stereocenters. The van der Waals surface area contributed by atoms with E-state index in [9.17, 15) is 17.6 Å². The van der Waals surface area contributed by atoms with Crippen LogP contribution in [0.15, 0.2) is 30.6 Å². The van der Waals surface area contributed by atoms with Crippen LogP contribution in [0.3, 0.4) is 0 Å². The highest BCUT2D eigenvalue weighted by molar-refractivity contribution is 5.27. The van der Waals surface area contributed by atoms with Crippen LogP contribution in [0.1, 0.15) is 17.0 Å². The minimum Gasteiger partial charge on any atom is -0.349 e.